The predicted octanol–water partition coefficient (Wildman–Crippen LogP) is 1.10. The number of hydrogen-bond acceptors (Lipinski definition) is 1. The van der Waals surface area contributed by atoms with Crippen molar-refractivity contribution in [3.63, 3.8) is 0 Å². The lowest BCUT2D eigenvalue weighted by molar-refractivity contribution is 0.213. The second kappa shape index (κ2) is 1.74. The number of hydrogen-bond donors (Lipinski definition) is 0. The fourth-order valence-electron chi connectivity index (χ4n) is 0.895. The molecule has 0 spiro atoms. The Kier molecular flexibility index (Phi) is 0.932. The highest BCUT2D eigenvalue weighted by molar-refractivity contribution is 5.34. The van der Waals surface area contributed by atoms with E-state index in [4.69, 9.17) is 4.84 Å². The van der Waals surface area contributed by atoms with E-state index in [2.05, 4.69) is 5.48 Å². The number of fused-ring (bicyclic) bond motifs is 1. The molecule has 1 aromatic rings. The van der Waals surface area contributed by atoms with Gasteiger partial charge < -0.3 is 4.84 Å². The summed E-state index contributed by atoms with van der Waals surface area (Å²) in [5, 5.41) is 0. The van der Waals surface area contributed by atoms with Crippen LogP contribution in [0.25, 0.3) is 0 Å². The topological polar surface area (TPSA) is 23.3 Å². The summed E-state index contributed by atoms with van der Waals surface area (Å²) in [5.41, 5.74) is 4.93. The number of benzene rings is 1. The molecule has 0 aliphatic carbocycles. The fraction of sp³-hybridized carbons (Fsp3) is 0.143. The van der Waals surface area contributed by atoms with Gasteiger partial charge in [-0.1, -0.05) is 18.2 Å². The zero-order chi connectivity index (χ0) is 6.10. The van der Waals surface area contributed by atoms with Crippen LogP contribution >= 0.6 is 0 Å². The first-order chi connectivity index (χ1) is 4.47. The molecular formula is C7H6NO. The van der Waals surface area contributed by atoms with Crippen molar-refractivity contribution in [2.24, 2.45) is 0 Å². The van der Waals surface area contributed by atoms with Gasteiger partial charge in [0.05, 0.1) is 6.54 Å². The van der Waals surface area contributed by atoms with E-state index in [0.29, 0.717) is 6.54 Å². The summed E-state index contributed by atoms with van der Waals surface area (Å²) in [5.74, 6) is 0.900. The van der Waals surface area contributed by atoms with Crippen LogP contribution in [0.2, 0.25) is 0 Å². The van der Waals surface area contributed by atoms with Gasteiger partial charge in [0.1, 0.15) is 0 Å². The van der Waals surface area contributed by atoms with Crippen molar-refractivity contribution < 1.29 is 4.84 Å². The molecule has 0 bridgehead atoms. The largest absolute Gasteiger partial charge is 0.387 e. The van der Waals surface area contributed by atoms with Gasteiger partial charge in [-0.2, -0.15) is 0 Å². The molecule has 0 saturated heterocycles. The standard InChI is InChI=1S/C7H6NO/c1-2-4-7-6(3-1)5-8-9-7/h1-4H,5H2. The SMILES string of the molecule is c1ccc2c(c1)C[N]O2. The van der Waals surface area contributed by atoms with E-state index >= 15 is 0 Å². The molecule has 0 atom stereocenters. The van der Waals surface area contributed by atoms with E-state index in [0.717, 1.165) is 5.75 Å². The Morgan fingerprint density at radius 2 is 2.22 bits per heavy atom. The van der Waals surface area contributed by atoms with Crippen LogP contribution < -0.4 is 10.3 Å². The third-order valence-electron chi connectivity index (χ3n) is 1.37. The highest BCUT2D eigenvalue weighted by Gasteiger charge is 2.10. The number of nitrogens with zero attached hydrogens (tertiary/aromatic N) is 1. The van der Waals surface area contributed by atoms with Gasteiger partial charge in [0.15, 0.2) is 5.75 Å². The van der Waals surface area contributed by atoms with Gasteiger partial charge in [-0.15, -0.1) is 0 Å². The van der Waals surface area contributed by atoms with E-state index in [-0.39, 0.29) is 0 Å². The van der Waals surface area contributed by atoms with E-state index in [1.165, 1.54) is 5.56 Å². The zero-order valence-electron chi connectivity index (χ0n) is 4.87. The Bertz CT molecular complexity index is 199. The molecule has 0 unspecified atom stereocenters. The molecule has 9 heavy (non-hydrogen) atoms. The minimum atomic E-state index is 0.705. The van der Waals surface area contributed by atoms with Crippen LogP contribution in [0.5, 0.6) is 5.75 Å². The molecule has 0 N–H and O–H groups in total. The normalized spacial score (nSPS) is 14.7. The van der Waals surface area contributed by atoms with Crippen LogP contribution in [0.3, 0.4) is 0 Å². The third-order valence-corrected chi connectivity index (χ3v) is 1.37. The van der Waals surface area contributed by atoms with E-state index in [1.807, 2.05) is 24.3 Å². The average molecular weight is 120 g/mol. The van der Waals surface area contributed by atoms with Gasteiger partial charge >= 0.3 is 0 Å². The van der Waals surface area contributed by atoms with Gasteiger partial charge in [0.25, 0.3) is 0 Å². The molecule has 1 aliphatic rings. The van der Waals surface area contributed by atoms with E-state index in [1.54, 1.807) is 0 Å². The third kappa shape index (κ3) is 0.678. The van der Waals surface area contributed by atoms with Gasteiger partial charge in [-0.25, -0.2) is 0 Å². The summed E-state index contributed by atoms with van der Waals surface area (Å²) in [7, 11) is 0. The van der Waals surface area contributed by atoms with Gasteiger partial charge in [-0.3, -0.25) is 0 Å². The van der Waals surface area contributed by atoms with Gasteiger partial charge in [0.2, 0.25) is 0 Å². The Hall–Kier alpha value is -1.02. The number of rotatable bonds is 0. The van der Waals surface area contributed by atoms with Crippen LogP contribution in [0.1, 0.15) is 5.56 Å². The second-order valence-electron chi connectivity index (χ2n) is 1.99. The summed E-state index contributed by atoms with van der Waals surface area (Å²) in [4.78, 5) is 4.92. The molecule has 0 amide bonds. The molecule has 45 valence electrons. The number of hydroxylamine groups is 1. The van der Waals surface area contributed by atoms with Crippen LogP contribution in [0, 0.1) is 0 Å². The van der Waals surface area contributed by atoms with Crippen molar-refractivity contribution >= 4 is 0 Å². The van der Waals surface area contributed by atoms with Crippen molar-refractivity contribution in [3.8, 4) is 5.75 Å². The highest BCUT2D eigenvalue weighted by Crippen LogP contribution is 2.21. The molecule has 2 nitrogen and oxygen atoms in total. The van der Waals surface area contributed by atoms with Crippen molar-refractivity contribution in [3.05, 3.63) is 29.8 Å². The first kappa shape index (κ1) is 4.82. The lowest BCUT2D eigenvalue weighted by atomic mass is 10.2. The predicted molar refractivity (Wildman–Crippen MR) is 32.9 cm³/mol. The fourth-order valence-corrected chi connectivity index (χ4v) is 0.895. The van der Waals surface area contributed by atoms with Crippen LogP contribution in [-0.2, 0) is 6.54 Å². The Balaban J connectivity index is 2.54. The van der Waals surface area contributed by atoms with Crippen molar-refractivity contribution in [2.75, 3.05) is 0 Å². The van der Waals surface area contributed by atoms with Crippen molar-refractivity contribution in [1.82, 2.24) is 5.48 Å². The molecular weight excluding hydrogens is 114 g/mol. The van der Waals surface area contributed by atoms with Crippen LogP contribution in [-0.4, -0.2) is 0 Å². The minimum absolute atomic E-state index is 0.705. The van der Waals surface area contributed by atoms with E-state index < -0.39 is 0 Å². The average Bonchev–Trinajstić information content (AvgIpc) is 2.33. The first-order valence-corrected chi connectivity index (χ1v) is 2.88. The summed E-state index contributed by atoms with van der Waals surface area (Å²) in [6.45, 7) is 0.705. The lowest BCUT2D eigenvalue weighted by Crippen LogP contribution is -1.96. The zero-order valence-corrected chi connectivity index (χ0v) is 4.87. The van der Waals surface area contributed by atoms with Crippen LogP contribution in [0.15, 0.2) is 24.3 Å². The van der Waals surface area contributed by atoms with Crippen molar-refractivity contribution in [2.45, 2.75) is 6.54 Å². The van der Waals surface area contributed by atoms with Gasteiger partial charge in [-0.05, 0) is 11.5 Å². The Labute approximate surface area is 53.4 Å². The maximum Gasteiger partial charge on any atom is 0.154 e. The molecule has 1 radical (unpaired) electrons. The van der Waals surface area contributed by atoms with E-state index in [9.17, 15) is 0 Å². The molecule has 1 aliphatic heterocycles. The summed E-state index contributed by atoms with van der Waals surface area (Å²) < 4.78 is 0. The minimum Gasteiger partial charge on any atom is -0.387 e. The summed E-state index contributed by atoms with van der Waals surface area (Å²) >= 11 is 0. The number of para-hydroxylation sites is 1. The molecule has 1 aromatic carbocycles. The quantitative estimate of drug-likeness (QED) is 0.502. The summed E-state index contributed by atoms with van der Waals surface area (Å²) in [6, 6.07) is 7.88. The molecule has 0 fully saturated rings. The van der Waals surface area contributed by atoms with Crippen LogP contribution in [0.4, 0.5) is 0 Å². The highest BCUT2D eigenvalue weighted by atomic mass is 16.7. The maximum atomic E-state index is 4.92. The smallest absolute Gasteiger partial charge is 0.154 e. The second-order valence-corrected chi connectivity index (χ2v) is 1.99. The van der Waals surface area contributed by atoms with Crippen molar-refractivity contribution in [1.29, 1.82) is 0 Å². The molecule has 2 rings (SSSR count). The maximum absolute atomic E-state index is 4.92. The van der Waals surface area contributed by atoms with Gasteiger partial charge in [0, 0.05) is 5.56 Å². The molecule has 1 heterocycles. The first-order valence-electron chi connectivity index (χ1n) is 2.88. The lowest BCUT2D eigenvalue weighted by Gasteiger charge is -1.90. The molecule has 0 saturated carbocycles. The molecule has 0 aromatic heterocycles. The Morgan fingerprint density at radius 3 is 3.11 bits per heavy atom. The molecule has 2 heteroatoms. The monoisotopic (exact) mass is 120 g/mol. The Morgan fingerprint density at radius 1 is 1.33 bits per heavy atom. The summed E-state index contributed by atoms with van der Waals surface area (Å²) in [6.07, 6.45) is 0.